The Morgan fingerprint density at radius 2 is 1.38 bits per heavy atom. The molecule has 7 aromatic rings. The van der Waals surface area contributed by atoms with E-state index in [2.05, 4.69) is 62.0 Å². The number of hydrogen-bond donors (Lipinski definition) is 0. The van der Waals surface area contributed by atoms with Gasteiger partial charge in [0, 0.05) is 39.1 Å². The van der Waals surface area contributed by atoms with Crippen LogP contribution >= 0.6 is 0 Å². The number of pyridine rings is 1. The van der Waals surface area contributed by atoms with E-state index in [0.29, 0.717) is 5.58 Å². The van der Waals surface area contributed by atoms with Gasteiger partial charge < -0.3 is 8.83 Å². The molecule has 0 saturated heterocycles. The molecule has 0 unspecified atom stereocenters. The Balaban J connectivity index is 1.65. The molecular formula is C30H21FNO2+. The molecule has 4 heteroatoms. The van der Waals surface area contributed by atoms with Gasteiger partial charge in [-0.25, -0.2) is 8.96 Å². The molecule has 0 spiro atoms. The van der Waals surface area contributed by atoms with Crippen LogP contribution in [0.5, 0.6) is 0 Å². The molecule has 3 heterocycles. The zero-order valence-electron chi connectivity index (χ0n) is 19.1. The van der Waals surface area contributed by atoms with E-state index < -0.39 is 0 Å². The largest absolute Gasteiger partial charge is 0.455 e. The molecule has 0 saturated carbocycles. The van der Waals surface area contributed by atoms with Crippen molar-refractivity contribution in [2.45, 2.75) is 13.8 Å². The van der Waals surface area contributed by atoms with Crippen LogP contribution in [0.25, 0.3) is 65.9 Å². The molecule has 164 valence electrons. The first-order chi connectivity index (χ1) is 16.5. The van der Waals surface area contributed by atoms with Gasteiger partial charge in [-0.3, -0.25) is 0 Å². The summed E-state index contributed by atoms with van der Waals surface area (Å²) in [6.45, 7) is 4.30. The second kappa shape index (κ2) is 6.67. The molecule has 0 radical (unpaired) electrons. The first-order valence-electron chi connectivity index (χ1n) is 11.4. The van der Waals surface area contributed by atoms with Crippen molar-refractivity contribution in [3.05, 3.63) is 89.9 Å². The number of furan rings is 2. The van der Waals surface area contributed by atoms with Crippen molar-refractivity contribution in [1.82, 2.24) is 0 Å². The standard InChI is InChI=1S/C30H21FNO2/c1-16-14-24-19-6-4-5-7-25(19)33-30(24)27(17(16)2)28-21-10-11-22-20-9-8-18(31)15-26(20)34-29(22)23(21)12-13-32(28)3/h4-15H,1-3H3/q+1. The molecule has 3 aromatic heterocycles. The summed E-state index contributed by atoms with van der Waals surface area (Å²) in [5.74, 6) is -0.300. The highest BCUT2D eigenvalue weighted by atomic mass is 19.1. The summed E-state index contributed by atoms with van der Waals surface area (Å²) < 4.78 is 28.6. The van der Waals surface area contributed by atoms with Gasteiger partial charge in [0.1, 0.15) is 35.2 Å². The van der Waals surface area contributed by atoms with Gasteiger partial charge in [0.25, 0.3) is 0 Å². The summed E-state index contributed by atoms with van der Waals surface area (Å²) in [6, 6.07) is 21.4. The van der Waals surface area contributed by atoms with Crippen molar-refractivity contribution in [3.8, 4) is 11.3 Å². The fourth-order valence-corrected chi connectivity index (χ4v) is 5.34. The van der Waals surface area contributed by atoms with Crippen LogP contribution in [-0.4, -0.2) is 0 Å². The predicted molar refractivity (Wildman–Crippen MR) is 135 cm³/mol. The lowest BCUT2D eigenvalue weighted by molar-refractivity contribution is -0.659. The van der Waals surface area contributed by atoms with Gasteiger partial charge in [0.15, 0.2) is 6.20 Å². The fourth-order valence-electron chi connectivity index (χ4n) is 5.34. The molecule has 0 aliphatic carbocycles. The SMILES string of the molecule is Cc1cc2c(oc3ccccc32)c(-c2c3ccc4c5ccc(F)cc5oc4c3cc[n+]2C)c1C. The fraction of sp³-hybridized carbons (Fsp3) is 0.100. The van der Waals surface area contributed by atoms with Gasteiger partial charge in [-0.1, -0.05) is 18.2 Å². The summed E-state index contributed by atoms with van der Waals surface area (Å²) in [6.07, 6.45) is 2.06. The van der Waals surface area contributed by atoms with Gasteiger partial charge >= 0.3 is 0 Å². The number of para-hydroxylation sites is 1. The number of nitrogens with zero attached hydrogens (tertiary/aromatic N) is 1. The summed E-state index contributed by atoms with van der Waals surface area (Å²) in [4.78, 5) is 0. The van der Waals surface area contributed by atoms with E-state index in [4.69, 9.17) is 8.83 Å². The van der Waals surface area contributed by atoms with Gasteiger partial charge in [-0.2, -0.15) is 0 Å². The molecular weight excluding hydrogens is 425 g/mol. The lowest BCUT2D eigenvalue weighted by Gasteiger charge is -2.11. The van der Waals surface area contributed by atoms with Crippen molar-refractivity contribution in [1.29, 1.82) is 0 Å². The van der Waals surface area contributed by atoms with E-state index in [1.807, 2.05) is 18.2 Å². The number of aromatic nitrogens is 1. The van der Waals surface area contributed by atoms with Crippen molar-refractivity contribution in [2.75, 3.05) is 0 Å². The highest BCUT2D eigenvalue weighted by Crippen LogP contribution is 2.42. The van der Waals surface area contributed by atoms with E-state index in [1.54, 1.807) is 6.07 Å². The van der Waals surface area contributed by atoms with E-state index >= 15 is 0 Å². The van der Waals surface area contributed by atoms with Gasteiger partial charge in [-0.05, 0) is 61.4 Å². The number of hydrogen-bond acceptors (Lipinski definition) is 2. The molecule has 4 aromatic carbocycles. The van der Waals surface area contributed by atoms with E-state index in [0.717, 1.165) is 60.3 Å². The Bertz CT molecular complexity index is 1960. The van der Waals surface area contributed by atoms with Crippen molar-refractivity contribution in [2.24, 2.45) is 7.05 Å². The molecule has 7 rings (SSSR count). The van der Waals surface area contributed by atoms with Gasteiger partial charge in [-0.15, -0.1) is 0 Å². The van der Waals surface area contributed by atoms with E-state index in [9.17, 15) is 4.39 Å². The molecule has 0 bridgehead atoms. The predicted octanol–water partition coefficient (Wildman–Crippen LogP) is 7.89. The van der Waals surface area contributed by atoms with Crippen LogP contribution in [0.2, 0.25) is 0 Å². The maximum absolute atomic E-state index is 13.9. The zero-order valence-corrected chi connectivity index (χ0v) is 19.1. The minimum atomic E-state index is -0.300. The monoisotopic (exact) mass is 446 g/mol. The highest BCUT2D eigenvalue weighted by molar-refractivity contribution is 6.18. The minimum Gasteiger partial charge on any atom is -0.455 e. The van der Waals surface area contributed by atoms with Crippen LogP contribution < -0.4 is 4.57 Å². The smallest absolute Gasteiger partial charge is 0.224 e. The van der Waals surface area contributed by atoms with Crippen molar-refractivity contribution in [3.63, 3.8) is 0 Å². The quantitative estimate of drug-likeness (QED) is 0.240. The lowest BCUT2D eigenvalue weighted by Crippen LogP contribution is -2.30. The molecule has 3 nitrogen and oxygen atoms in total. The Morgan fingerprint density at radius 3 is 2.26 bits per heavy atom. The topological polar surface area (TPSA) is 30.2 Å². The van der Waals surface area contributed by atoms with Crippen LogP contribution in [0.3, 0.4) is 0 Å². The molecule has 0 aliphatic heterocycles. The van der Waals surface area contributed by atoms with Gasteiger partial charge in [0.05, 0.1) is 10.9 Å². The van der Waals surface area contributed by atoms with Crippen LogP contribution in [-0.2, 0) is 7.05 Å². The number of benzene rings is 4. The van der Waals surface area contributed by atoms with Crippen molar-refractivity contribution >= 4 is 54.6 Å². The van der Waals surface area contributed by atoms with Crippen molar-refractivity contribution < 1.29 is 17.8 Å². The van der Waals surface area contributed by atoms with E-state index in [1.165, 1.54) is 23.3 Å². The maximum atomic E-state index is 13.9. The first-order valence-corrected chi connectivity index (χ1v) is 11.4. The summed E-state index contributed by atoms with van der Waals surface area (Å²) in [5.41, 5.74) is 7.65. The first kappa shape index (κ1) is 19.3. The third-order valence-electron chi connectivity index (χ3n) is 7.14. The summed E-state index contributed by atoms with van der Waals surface area (Å²) in [5, 5.41) is 6.19. The molecule has 0 aliphatic rings. The normalized spacial score (nSPS) is 12.1. The van der Waals surface area contributed by atoms with E-state index in [-0.39, 0.29) is 5.82 Å². The van der Waals surface area contributed by atoms with Crippen LogP contribution in [0.1, 0.15) is 11.1 Å². The molecule has 0 atom stereocenters. The average Bonchev–Trinajstić information content (AvgIpc) is 3.38. The third kappa shape index (κ3) is 2.48. The minimum absolute atomic E-state index is 0.300. The lowest BCUT2D eigenvalue weighted by atomic mass is 9.93. The summed E-state index contributed by atoms with van der Waals surface area (Å²) in [7, 11) is 2.06. The number of halogens is 1. The highest BCUT2D eigenvalue weighted by Gasteiger charge is 2.26. The molecule has 34 heavy (non-hydrogen) atoms. The van der Waals surface area contributed by atoms with Crippen LogP contribution in [0.4, 0.5) is 4.39 Å². The molecule has 0 N–H and O–H groups in total. The number of aryl methyl sites for hydroxylation is 2. The number of rotatable bonds is 1. The second-order valence-electron chi connectivity index (χ2n) is 9.09. The second-order valence-corrected chi connectivity index (χ2v) is 9.09. The Morgan fingerprint density at radius 1 is 0.676 bits per heavy atom. The maximum Gasteiger partial charge on any atom is 0.224 e. The van der Waals surface area contributed by atoms with Crippen LogP contribution in [0.15, 0.2) is 81.8 Å². The third-order valence-corrected chi connectivity index (χ3v) is 7.14. The van der Waals surface area contributed by atoms with Gasteiger partial charge in [0.2, 0.25) is 5.69 Å². The average molecular weight is 447 g/mol. The Kier molecular flexibility index (Phi) is 3.79. The molecule has 0 fully saturated rings. The molecule has 0 amide bonds. The summed E-state index contributed by atoms with van der Waals surface area (Å²) >= 11 is 0. The van der Waals surface area contributed by atoms with Crippen LogP contribution in [0, 0.1) is 19.7 Å². The zero-order chi connectivity index (χ0) is 23.1. The number of fused-ring (bicyclic) bond motifs is 8. The Hall–Kier alpha value is -4.18. The Labute approximate surface area is 194 Å².